The zero-order valence-electron chi connectivity index (χ0n) is 23.3. The number of nitrogens with zero attached hydrogens (tertiary/aromatic N) is 1. The zero-order valence-corrected chi connectivity index (χ0v) is 23.3. The van der Waals surface area contributed by atoms with Gasteiger partial charge in [0.15, 0.2) is 17.2 Å². The predicted octanol–water partition coefficient (Wildman–Crippen LogP) is 4.49. The summed E-state index contributed by atoms with van der Waals surface area (Å²) < 4.78 is 75.6. The maximum Gasteiger partial charge on any atom is 0.573 e. The van der Waals surface area contributed by atoms with Gasteiger partial charge in [-0.25, -0.2) is 8.78 Å². The van der Waals surface area contributed by atoms with Gasteiger partial charge in [-0.05, 0) is 78.9 Å². The van der Waals surface area contributed by atoms with Crippen LogP contribution in [0.5, 0.6) is 5.75 Å². The van der Waals surface area contributed by atoms with Crippen LogP contribution in [0.1, 0.15) is 38.7 Å². The largest absolute Gasteiger partial charge is 0.573 e. The SMILES string of the molecule is C[C@]12C=CC(=O)C=C1[C@@H](F)C[C@H]1[C@@H]3C[C@H]4CN(Cc5cccc(OC(F)(F)F)c5)C[C@@]4(C(=O)CO)[C@@]3(C)C[C@H](O)[C@@]12F. The van der Waals surface area contributed by atoms with Crippen LogP contribution in [0.4, 0.5) is 22.0 Å². The highest BCUT2D eigenvalue weighted by molar-refractivity contribution is 6.01. The number of aliphatic hydroxyl groups excluding tert-OH is 2. The van der Waals surface area contributed by atoms with Crippen LogP contribution in [0, 0.1) is 34.0 Å². The fourth-order valence-electron chi connectivity index (χ4n) is 9.74. The molecule has 5 aliphatic rings. The molecule has 0 aromatic heterocycles. The number of aliphatic hydroxyl groups is 2. The lowest BCUT2D eigenvalue weighted by atomic mass is 9.43. The fraction of sp³-hybridized carbons (Fsp3) is 0.613. The van der Waals surface area contributed by atoms with Gasteiger partial charge in [-0.15, -0.1) is 13.2 Å². The lowest BCUT2D eigenvalue weighted by molar-refractivity contribution is -0.274. The van der Waals surface area contributed by atoms with E-state index in [9.17, 15) is 33.0 Å². The maximum absolute atomic E-state index is 17.5. The molecule has 0 spiro atoms. The van der Waals surface area contributed by atoms with Crippen molar-refractivity contribution in [3.8, 4) is 5.75 Å². The standard InChI is InChI=1S/C31H34F5NO5/c1-27-7-6-19(39)10-23(27)24(32)11-22-21-9-18-14-37(13-17-4-3-5-20(8-17)42-31(34,35)36)16-29(18,26(41)15-38)28(21,2)12-25(40)30(22,27)33/h3-8,10,18,21-22,24-25,38,40H,9,11-16H2,1-2H3/t18-,21-,22-,24-,25-,27-,28-,29+,30-/m0/s1. The van der Waals surface area contributed by atoms with E-state index in [0.717, 1.165) is 6.08 Å². The summed E-state index contributed by atoms with van der Waals surface area (Å²) in [6, 6.07) is 5.59. The first-order chi connectivity index (χ1) is 19.6. The Morgan fingerprint density at radius 3 is 2.62 bits per heavy atom. The second kappa shape index (κ2) is 9.43. The number of allylic oxidation sites excluding steroid dienone is 4. The van der Waals surface area contributed by atoms with Gasteiger partial charge in [-0.3, -0.25) is 14.5 Å². The summed E-state index contributed by atoms with van der Waals surface area (Å²) in [7, 11) is 0. The molecule has 0 unspecified atom stereocenters. The maximum atomic E-state index is 17.5. The molecular formula is C31H34F5NO5. The van der Waals surface area contributed by atoms with Crippen LogP contribution in [-0.2, 0) is 16.1 Å². The number of Topliss-reactive ketones (excluding diaryl/α,β-unsaturated/α-hetero) is 1. The molecule has 1 saturated heterocycles. The molecule has 2 N–H and O–H groups in total. The highest BCUT2D eigenvalue weighted by Gasteiger charge is 2.78. The van der Waals surface area contributed by atoms with Gasteiger partial charge in [0.25, 0.3) is 0 Å². The van der Waals surface area contributed by atoms with Gasteiger partial charge in [0, 0.05) is 31.0 Å². The Morgan fingerprint density at radius 2 is 1.93 bits per heavy atom. The van der Waals surface area contributed by atoms with Crippen molar-refractivity contribution >= 4 is 11.6 Å². The predicted molar refractivity (Wildman–Crippen MR) is 140 cm³/mol. The Hall–Kier alpha value is -2.63. The second-order valence-electron chi connectivity index (χ2n) is 13.2. The molecule has 6 rings (SSSR count). The number of fused-ring (bicyclic) bond motifs is 7. The van der Waals surface area contributed by atoms with Crippen LogP contribution >= 0.6 is 0 Å². The number of halogens is 5. The van der Waals surface area contributed by atoms with Crippen LogP contribution in [0.3, 0.4) is 0 Å². The molecule has 11 heteroatoms. The van der Waals surface area contributed by atoms with Gasteiger partial charge in [0.05, 0.1) is 11.5 Å². The zero-order chi connectivity index (χ0) is 30.5. The number of ether oxygens (including phenoxy) is 1. The van der Waals surface area contributed by atoms with Gasteiger partial charge in [0.2, 0.25) is 0 Å². The van der Waals surface area contributed by atoms with Crippen molar-refractivity contribution in [3.63, 3.8) is 0 Å². The Labute approximate surface area is 240 Å². The topological polar surface area (TPSA) is 87.1 Å². The van der Waals surface area contributed by atoms with Crippen LogP contribution in [-0.4, -0.2) is 70.7 Å². The molecule has 1 aromatic rings. The minimum atomic E-state index is -4.84. The third-order valence-electron chi connectivity index (χ3n) is 11.4. The van der Waals surface area contributed by atoms with Crippen molar-refractivity contribution in [2.75, 3.05) is 19.7 Å². The highest BCUT2D eigenvalue weighted by atomic mass is 19.4. The first kappa shape index (κ1) is 29.4. The van der Waals surface area contributed by atoms with Crippen molar-refractivity contribution in [3.05, 3.63) is 53.6 Å². The van der Waals surface area contributed by atoms with E-state index < -0.39 is 70.6 Å². The van der Waals surface area contributed by atoms with Gasteiger partial charge >= 0.3 is 6.36 Å². The molecule has 0 radical (unpaired) electrons. The van der Waals surface area contributed by atoms with E-state index in [1.54, 1.807) is 6.07 Å². The number of carbonyl (C=O) groups excluding carboxylic acids is 2. The van der Waals surface area contributed by atoms with Crippen molar-refractivity contribution in [1.82, 2.24) is 4.90 Å². The molecule has 4 fully saturated rings. The Bertz CT molecular complexity index is 1380. The monoisotopic (exact) mass is 595 g/mol. The molecule has 1 aliphatic heterocycles. The van der Waals surface area contributed by atoms with E-state index in [4.69, 9.17) is 0 Å². The number of hydrogen-bond acceptors (Lipinski definition) is 6. The smallest absolute Gasteiger partial charge is 0.406 e. The van der Waals surface area contributed by atoms with E-state index >= 15 is 8.78 Å². The number of carbonyl (C=O) groups is 2. The number of alkyl halides is 5. The summed E-state index contributed by atoms with van der Waals surface area (Å²) in [5.41, 5.74) is -5.41. The second-order valence-corrected chi connectivity index (χ2v) is 13.2. The molecule has 3 saturated carbocycles. The van der Waals surface area contributed by atoms with E-state index in [1.807, 2.05) is 11.8 Å². The Morgan fingerprint density at radius 1 is 1.19 bits per heavy atom. The van der Waals surface area contributed by atoms with Crippen molar-refractivity contribution in [2.24, 2.45) is 34.0 Å². The van der Waals surface area contributed by atoms with Crippen molar-refractivity contribution in [2.45, 2.75) is 64.0 Å². The first-order valence-corrected chi connectivity index (χ1v) is 14.3. The third kappa shape index (κ3) is 3.91. The van der Waals surface area contributed by atoms with E-state index in [1.165, 1.54) is 37.3 Å². The molecule has 228 valence electrons. The van der Waals surface area contributed by atoms with Crippen LogP contribution < -0.4 is 4.74 Å². The number of hydrogen-bond donors (Lipinski definition) is 2. The average molecular weight is 596 g/mol. The third-order valence-corrected chi connectivity index (χ3v) is 11.4. The van der Waals surface area contributed by atoms with Gasteiger partial charge in [-0.2, -0.15) is 0 Å². The van der Waals surface area contributed by atoms with E-state index in [2.05, 4.69) is 4.74 Å². The molecular weight excluding hydrogens is 561 g/mol. The summed E-state index contributed by atoms with van der Waals surface area (Å²) in [5, 5.41) is 21.7. The molecule has 1 aromatic carbocycles. The number of rotatable bonds is 5. The van der Waals surface area contributed by atoms with Crippen molar-refractivity contribution in [1.29, 1.82) is 0 Å². The molecule has 1 heterocycles. The molecule has 42 heavy (non-hydrogen) atoms. The summed E-state index contributed by atoms with van der Waals surface area (Å²) in [6.45, 7) is 3.32. The molecule has 6 nitrogen and oxygen atoms in total. The summed E-state index contributed by atoms with van der Waals surface area (Å²) in [6.07, 6.45) is -4.26. The van der Waals surface area contributed by atoms with Crippen LogP contribution in [0.15, 0.2) is 48.1 Å². The van der Waals surface area contributed by atoms with Crippen molar-refractivity contribution < 1.29 is 46.5 Å². The Balaban J connectivity index is 1.34. The number of benzene rings is 1. The Kier molecular flexibility index (Phi) is 6.61. The average Bonchev–Trinajstić information content (AvgIpc) is 3.38. The van der Waals surface area contributed by atoms with Gasteiger partial charge in [-0.1, -0.05) is 25.1 Å². The summed E-state index contributed by atoms with van der Waals surface area (Å²) in [5.74, 6) is -3.00. The molecule has 4 aliphatic carbocycles. The summed E-state index contributed by atoms with van der Waals surface area (Å²) in [4.78, 5) is 27.7. The number of ketones is 2. The fourth-order valence-corrected chi connectivity index (χ4v) is 9.74. The minimum Gasteiger partial charge on any atom is -0.406 e. The first-order valence-electron chi connectivity index (χ1n) is 14.3. The van der Waals surface area contributed by atoms with Crippen LogP contribution in [0.2, 0.25) is 0 Å². The molecule has 0 bridgehead atoms. The highest BCUT2D eigenvalue weighted by Crippen LogP contribution is 2.74. The van der Waals surface area contributed by atoms with Crippen LogP contribution in [0.25, 0.3) is 0 Å². The normalized spacial score (nSPS) is 42.8. The van der Waals surface area contributed by atoms with E-state index in [0.29, 0.717) is 18.5 Å². The van der Waals surface area contributed by atoms with Gasteiger partial charge in [0.1, 0.15) is 18.5 Å². The summed E-state index contributed by atoms with van der Waals surface area (Å²) >= 11 is 0. The number of likely N-dealkylation sites (tertiary alicyclic amines) is 1. The molecule has 0 amide bonds. The quantitative estimate of drug-likeness (QED) is 0.488. The lowest BCUT2D eigenvalue weighted by Gasteiger charge is -2.63. The minimum absolute atomic E-state index is 0.0265. The molecule has 9 atom stereocenters. The van der Waals surface area contributed by atoms with Gasteiger partial charge < -0.3 is 14.9 Å². The lowest BCUT2D eigenvalue weighted by Crippen LogP contribution is -2.69. The van der Waals surface area contributed by atoms with E-state index in [-0.39, 0.29) is 43.2 Å².